The number of carbonyl (C=O) groups excluding carboxylic acids is 2. The topological polar surface area (TPSA) is 119 Å². The lowest BCUT2D eigenvalue weighted by molar-refractivity contribution is -0.127. The number of rotatable bonds is 5. The first kappa shape index (κ1) is 20.8. The van der Waals surface area contributed by atoms with Gasteiger partial charge in [-0.2, -0.15) is 0 Å². The first-order valence-electron chi connectivity index (χ1n) is 10.4. The Hall–Kier alpha value is -4.05. The molecule has 10 heteroatoms. The molecule has 1 aliphatic rings. The Labute approximate surface area is 193 Å². The second-order valence-electron chi connectivity index (χ2n) is 7.61. The van der Waals surface area contributed by atoms with E-state index < -0.39 is 0 Å². The number of nitrogens with one attached hydrogen (secondary N) is 1. The van der Waals surface area contributed by atoms with Crippen LogP contribution in [0.4, 0.5) is 10.9 Å². The Morgan fingerprint density at radius 2 is 2.03 bits per heavy atom. The molecule has 4 aromatic rings. The minimum Gasteiger partial charge on any atom is -0.382 e. The number of hydrogen-bond acceptors (Lipinski definition) is 7. The van der Waals surface area contributed by atoms with E-state index in [1.807, 2.05) is 22.7 Å². The summed E-state index contributed by atoms with van der Waals surface area (Å²) in [6.07, 6.45) is 8.09. The molecule has 0 spiro atoms. The molecule has 3 aromatic heterocycles. The van der Waals surface area contributed by atoms with Crippen molar-refractivity contribution in [2.45, 2.75) is 18.9 Å². The summed E-state index contributed by atoms with van der Waals surface area (Å²) in [7, 11) is 0. The van der Waals surface area contributed by atoms with Crippen LogP contribution in [0.3, 0.4) is 0 Å². The minimum atomic E-state index is -0.238. The van der Waals surface area contributed by atoms with Gasteiger partial charge in [0, 0.05) is 41.6 Å². The summed E-state index contributed by atoms with van der Waals surface area (Å²) in [4.78, 5) is 39.9. The van der Waals surface area contributed by atoms with E-state index in [-0.39, 0.29) is 17.9 Å². The average Bonchev–Trinajstić information content (AvgIpc) is 3.58. The normalized spacial score (nSPS) is 15.6. The van der Waals surface area contributed by atoms with E-state index in [2.05, 4.69) is 21.9 Å². The van der Waals surface area contributed by atoms with Gasteiger partial charge in [0.2, 0.25) is 5.91 Å². The van der Waals surface area contributed by atoms with Crippen LogP contribution in [0.5, 0.6) is 0 Å². The molecule has 1 atom stereocenters. The summed E-state index contributed by atoms with van der Waals surface area (Å²) in [5, 5.41) is 5.11. The third kappa shape index (κ3) is 3.74. The molecular formula is C23H21N7O2S. The van der Waals surface area contributed by atoms with Crippen molar-refractivity contribution < 1.29 is 9.59 Å². The fourth-order valence-corrected chi connectivity index (χ4v) is 4.70. The van der Waals surface area contributed by atoms with Crippen molar-refractivity contribution in [2.75, 3.05) is 17.6 Å². The second-order valence-corrected chi connectivity index (χ2v) is 8.51. The lowest BCUT2D eigenvalue weighted by Crippen LogP contribution is -2.29. The van der Waals surface area contributed by atoms with Crippen LogP contribution in [-0.4, -0.2) is 42.6 Å². The highest BCUT2D eigenvalue weighted by atomic mass is 32.1. The van der Waals surface area contributed by atoms with E-state index in [4.69, 9.17) is 10.7 Å². The molecule has 1 aliphatic heterocycles. The largest absolute Gasteiger partial charge is 0.382 e. The van der Waals surface area contributed by atoms with Gasteiger partial charge in [-0.15, -0.1) is 11.3 Å². The number of likely N-dealkylation sites (tertiary alicyclic amines) is 1. The fraction of sp³-hybridized carbons (Fsp3) is 0.174. The fourth-order valence-electron chi connectivity index (χ4n) is 4.17. The van der Waals surface area contributed by atoms with Crippen molar-refractivity contribution in [1.29, 1.82) is 0 Å². The highest BCUT2D eigenvalue weighted by Crippen LogP contribution is 2.36. The number of carbonyl (C=O) groups is 2. The molecule has 1 aromatic carbocycles. The van der Waals surface area contributed by atoms with Crippen LogP contribution in [-0.2, 0) is 4.79 Å². The molecule has 0 unspecified atom stereocenters. The Bertz CT molecular complexity index is 1350. The number of nitrogen functional groups attached to an aromatic ring is 1. The molecule has 0 aliphatic carbocycles. The lowest BCUT2D eigenvalue weighted by atomic mass is 10.1. The first-order chi connectivity index (χ1) is 16.1. The van der Waals surface area contributed by atoms with E-state index in [0.717, 1.165) is 24.2 Å². The summed E-state index contributed by atoms with van der Waals surface area (Å²) < 4.78 is 1.90. The first-order valence-corrected chi connectivity index (χ1v) is 11.3. The molecule has 0 saturated carbocycles. The predicted octanol–water partition coefficient (Wildman–Crippen LogP) is 3.54. The van der Waals surface area contributed by atoms with Crippen molar-refractivity contribution >= 4 is 39.6 Å². The summed E-state index contributed by atoms with van der Waals surface area (Å²) in [6, 6.07) is 6.95. The molecule has 3 N–H and O–H groups in total. The van der Waals surface area contributed by atoms with Gasteiger partial charge in [-0.25, -0.2) is 15.0 Å². The van der Waals surface area contributed by atoms with Gasteiger partial charge in [0.1, 0.15) is 22.9 Å². The van der Waals surface area contributed by atoms with Crippen LogP contribution >= 0.6 is 11.3 Å². The van der Waals surface area contributed by atoms with Crippen molar-refractivity contribution in [2.24, 2.45) is 0 Å². The molecule has 0 radical (unpaired) electrons. The van der Waals surface area contributed by atoms with Crippen LogP contribution in [0.25, 0.3) is 16.8 Å². The second kappa shape index (κ2) is 8.47. The van der Waals surface area contributed by atoms with Gasteiger partial charge in [0.05, 0.1) is 6.04 Å². The summed E-state index contributed by atoms with van der Waals surface area (Å²) in [6.45, 7) is 4.28. The summed E-state index contributed by atoms with van der Waals surface area (Å²) in [5.41, 5.74) is 8.86. The monoisotopic (exact) mass is 459 g/mol. The highest BCUT2D eigenvalue weighted by Gasteiger charge is 2.33. The van der Waals surface area contributed by atoms with Crippen LogP contribution < -0.4 is 11.1 Å². The molecule has 166 valence electrons. The average molecular weight is 460 g/mol. The van der Waals surface area contributed by atoms with Gasteiger partial charge in [0.15, 0.2) is 5.13 Å². The van der Waals surface area contributed by atoms with Gasteiger partial charge in [-0.1, -0.05) is 18.7 Å². The van der Waals surface area contributed by atoms with E-state index in [9.17, 15) is 9.59 Å². The van der Waals surface area contributed by atoms with E-state index in [1.54, 1.807) is 34.8 Å². The summed E-state index contributed by atoms with van der Waals surface area (Å²) in [5.74, 6) is 0.717. The standard InChI is InChI=1S/C23H21N7O2S/c1-2-17(31)29-11-3-4-16(29)21-27-18(19-20(24)25-9-12-30(19)21)14-5-7-15(8-6-14)22(32)28-23-26-10-13-33-23/h2,5-10,12-13,16H,1,3-4,11H2,(H2,24,25)(H,26,28,32)/t16-/m0/s1. The molecule has 33 heavy (non-hydrogen) atoms. The minimum absolute atomic E-state index is 0.117. The quantitative estimate of drug-likeness (QED) is 0.441. The Morgan fingerprint density at radius 3 is 2.76 bits per heavy atom. The zero-order chi connectivity index (χ0) is 22.9. The highest BCUT2D eigenvalue weighted by molar-refractivity contribution is 7.13. The van der Waals surface area contributed by atoms with Crippen molar-refractivity contribution in [3.63, 3.8) is 0 Å². The Kier molecular flexibility index (Phi) is 5.35. The molecule has 5 rings (SSSR count). The Morgan fingerprint density at radius 1 is 1.21 bits per heavy atom. The number of nitrogens with two attached hydrogens (primary N) is 1. The molecule has 1 saturated heterocycles. The number of nitrogens with zero attached hydrogens (tertiary/aromatic N) is 5. The smallest absolute Gasteiger partial charge is 0.257 e. The maximum absolute atomic E-state index is 12.5. The molecular weight excluding hydrogens is 438 g/mol. The molecule has 0 bridgehead atoms. The SMILES string of the molecule is C=CC(=O)N1CCC[C@H]1c1nc(-c2ccc(C(=O)Nc3nccs3)cc2)c2c(N)nccn12. The van der Waals surface area contributed by atoms with E-state index in [0.29, 0.717) is 34.3 Å². The number of hydrogen-bond donors (Lipinski definition) is 2. The predicted molar refractivity (Wildman–Crippen MR) is 127 cm³/mol. The van der Waals surface area contributed by atoms with Gasteiger partial charge in [-0.05, 0) is 31.1 Å². The van der Waals surface area contributed by atoms with E-state index >= 15 is 0 Å². The van der Waals surface area contributed by atoms with Crippen molar-refractivity contribution in [3.05, 3.63) is 72.3 Å². The maximum Gasteiger partial charge on any atom is 0.257 e. The number of fused-ring (bicyclic) bond motifs is 1. The van der Waals surface area contributed by atoms with Crippen LogP contribution in [0.1, 0.15) is 35.1 Å². The number of thiazole rings is 1. The van der Waals surface area contributed by atoms with Gasteiger partial charge in [0.25, 0.3) is 5.91 Å². The number of imidazole rings is 1. The van der Waals surface area contributed by atoms with Crippen LogP contribution in [0, 0.1) is 0 Å². The molecule has 2 amide bonds. The maximum atomic E-state index is 12.5. The number of amides is 2. The molecule has 1 fully saturated rings. The molecule has 9 nitrogen and oxygen atoms in total. The van der Waals surface area contributed by atoms with Gasteiger partial charge in [-0.3, -0.25) is 19.3 Å². The third-order valence-electron chi connectivity index (χ3n) is 5.69. The van der Waals surface area contributed by atoms with Gasteiger partial charge < -0.3 is 10.6 Å². The number of anilines is 2. The lowest BCUT2D eigenvalue weighted by Gasteiger charge is -2.22. The molecule has 4 heterocycles. The summed E-state index contributed by atoms with van der Waals surface area (Å²) >= 11 is 1.36. The van der Waals surface area contributed by atoms with Crippen molar-refractivity contribution in [3.8, 4) is 11.3 Å². The van der Waals surface area contributed by atoms with Crippen LogP contribution in [0.2, 0.25) is 0 Å². The number of aromatic nitrogens is 4. The van der Waals surface area contributed by atoms with Crippen LogP contribution in [0.15, 0.2) is 60.9 Å². The zero-order valence-electron chi connectivity index (χ0n) is 17.6. The number of benzene rings is 1. The van der Waals surface area contributed by atoms with Crippen molar-refractivity contribution in [1.82, 2.24) is 24.3 Å². The van der Waals surface area contributed by atoms with Gasteiger partial charge >= 0.3 is 0 Å². The Balaban J connectivity index is 1.53. The third-order valence-corrected chi connectivity index (χ3v) is 6.38. The zero-order valence-corrected chi connectivity index (χ0v) is 18.5. The van der Waals surface area contributed by atoms with E-state index in [1.165, 1.54) is 17.4 Å².